The molecular formula is C36H46F4N4O5. The normalized spacial score (nSPS) is 23.1. The lowest BCUT2D eigenvalue weighted by Crippen LogP contribution is -2.56. The number of carbonyl (C=O) groups excluding carboxylic acids is 2. The summed E-state index contributed by atoms with van der Waals surface area (Å²) < 4.78 is 64.1. The van der Waals surface area contributed by atoms with E-state index in [1.165, 1.54) is 23.0 Å². The molecule has 3 aliphatic rings. The highest BCUT2D eigenvalue weighted by Gasteiger charge is 2.58. The molecule has 0 spiro atoms. The molecule has 2 amide bonds. The molecule has 5 rings (SSSR count). The first-order chi connectivity index (χ1) is 23.0. The molecule has 268 valence electrons. The van der Waals surface area contributed by atoms with Gasteiger partial charge >= 0.3 is 12.1 Å². The number of amides is 2. The minimum absolute atomic E-state index is 0.144. The van der Waals surface area contributed by atoms with Gasteiger partial charge in [0.25, 0.3) is 5.91 Å². The van der Waals surface area contributed by atoms with Crippen LogP contribution in [0.5, 0.6) is 5.75 Å². The number of methoxy groups -OCH3 is 1. The first kappa shape index (κ1) is 36.4. The standard InChI is InChI=1S/C36H46F4N4O5/c1-34(2,32(47)41(3)4)44-21-29(24-6-9-27(49-5)10-7-24)35(37,22-44)33(48)43-18-12-23(13-19-43)28-11-8-26(36(38,39)40)20-30(28)42-16-14-25(15-17-42)31(45)46/h6-11,20,23,25,29H,12-19,21-22H2,1-5H3,(H,45,46)/t29-,35-/m0/s1. The van der Waals surface area contributed by atoms with E-state index in [1.807, 2.05) is 4.90 Å². The quantitative estimate of drug-likeness (QED) is 0.371. The van der Waals surface area contributed by atoms with Gasteiger partial charge in [0.1, 0.15) is 5.75 Å². The number of likely N-dealkylation sites (tertiary alicyclic amines) is 2. The summed E-state index contributed by atoms with van der Waals surface area (Å²) in [6.45, 7) is 4.40. The average Bonchev–Trinajstić information content (AvgIpc) is 3.46. The van der Waals surface area contributed by atoms with E-state index in [9.17, 15) is 32.7 Å². The first-order valence-electron chi connectivity index (χ1n) is 16.7. The fourth-order valence-corrected chi connectivity index (χ4v) is 7.71. The van der Waals surface area contributed by atoms with Crippen molar-refractivity contribution in [3.63, 3.8) is 0 Å². The predicted molar refractivity (Wildman–Crippen MR) is 176 cm³/mol. The number of hydrogen-bond acceptors (Lipinski definition) is 6. The van der Waals surface area contributed by atoms with E-state index in [4.69, 9.17) is 4.74 Å². The Morgan fingerprint density at radius 1 is 0.939 bits per heavy atom. The van der Waals surface area contributed by atoms with Gasteiger partial charge in [0.15, 0.2) is 0 Å². The van der Waals surface area contributed by atoms with E-state index in [-0.39, 0.29) is 38.0 Å². The van der Waals surface area contributed by atoms with Gasteiger partial charge in [0.05, 0.1) is 24.1 Å². The Hall–Kier alpha value is -3.87. The predicted octanol–water partition coefficient (Wildman–Crippen LogP) is 5.40. The second-order valence-electron chi connectivity index (χ2n) is 14.3. The van der Waals surface area contributed by atoms with Gasteiger partial charge in [-0.1, -0.05) is 18.2 Å². The van der Waals surface area contributed by atoms with Crippen molar-refractivity contribution < 1.29 is 41.8 Å². The highest BCUT2D eigenvalue weighted by molar-refractivity contribution is 5.89. The van der Waals surface area contributed by atoms with Crippen LogP contribution in [0.25, 0.3) is 0 Å². The van der Waals surface area contributed by atoms with Crippen molar-refractivity contribution in [1.29, 1.82) is 0 Å². The summed E-state index contributed by atoms with van der Waals surface area (Å²) in [7, 11) is 4.81. The third kappa shape index (κ3) is 7.22. The van der Waals surface area contributed by atoms with Gasteiger partial charge in [0, 0.05) is 65.0 Å². The van der Waals surface area contributed by atoms with E-state index in [2.05, 4.69) is 0 Å². The van der Waals surface area contributed by atoms with Crippen LogP contribution in [-0.2, 0) is 20.6 Å². The number of nitrogens with zero attached hydrogens (tertiary/aromatic N) is 4. The Labute approximate surface area is 284 Å². The van der Waals surface area contributed by atoms with Crippen molar-refractivity contribution in [2.75, 3.05) is 65.4 Å². The molecule has 2 aromatic carbocycles. The highest BCUT2D eigenvalue weighted by Crippen LogP contribution is 2.45. The maximum absolute atomic E-state index is 17.5. The summed E-state index contributed by atoms with van der Waals surface area (Å²) >= 11 is 0. The van der Waals surface area contributed by atoms with Crippen molar-refractivity contribution in [3.05, 3.63) is 59.2 Å². The Balaban J connectivity index is 1.38. The van der Waals surface area contributed by atoms with Crippen molar-refractivity contribution in [1.82, 2.24) is 14.7 Å². The van der Waals surface area contributed by atoms with Gasteiger partial charge in [-0.2, -0.15) is 13.2 Å². The molecule has 0 aliphatic carbocycles. The van der Waals surface area contributed by atoms with Crippen LogP contribution in [0.2, 0.25) is 0 Å². The molecule has 0 bridgehead atoms. The van der Waals surface area contributed by atoms with Gasteiger partial charge in [-0.15, -0.1) is 0 Å². The second-order valence-corrected chi connectivity index (χ2v) is 14.3. The molecule has 49 heavy (non-hydrogen) atoms. The van der Waals surface area contributed by atoms with Gasteiger partial charge < -0.3 is 24.5 Å². The number of likely N-dealkylation sites (N-methyl/N-ethyl adjacent to an activating group) is 1. The molecule has 2 aromatic rings. The van der Waals surface area contributed by atoms with Crippen LogP contribution in [-0.4, -0.2) is 109 Å². The zero-order chi connectivity index (χ0) is 35.9. The molecule has 0 saturated carbocycles. The Morgan fingerprint density at radius 3 is 2.08 bits per heavy atom. The SMILES string of the molecule is COc1ccc([C@@H]2CN(C(C)(C)C(=O)N(C)C)C[C@@]2(F)C(=O)N2CCC(c3ccc(C(F)(F)F)cc3N3CCC(C(=O)O)CC3)CC2)cc1. The van der Waals surface area contributed by atoms with Crippen LogP contribution in [0.3, 0.4) is 0 Å². The molecule has 2 atom stereocenters. The fourth-order valence-electron chi connectivity index (χ4n) is 7.71. The van der Waals surface area contributed by atoms with E-state index < -0.39 is 46.7 Å². The number of carbonyl (C=O) groups is 3. The number of rotatable bonds is 8. The molecule has 13 heteroatoms. The topological polar surface area (TPSA) is 93.6 Å². The minimum Gasteiger partial charge on any atom is -0.497 e. The number of ether oxygens (including phenoxy) is 1. The van der Waals surface area contributed by atoms with Gasteiger partial charge in [-0.05, 0) is 80.8 Å². The number of aliphatic carboxylic acids is 1. The number of benzene rings is 2. The number of hydrogen-bond donors (Lipinski definition) is 1. The molecule has 0 radical (unpaired) electrons. The number of alkyl halides is 4. The Morgan fingerprint density at radius 2 is 1.55 bits per heavy atom. The Bertz CT molecular complexity index is 1530. The molecule has 9 nitrogen and oxygen atoms in total. The average molecular weight is 691 g/mol. The molecule has 0 aromatic heterocycles. The number of piperidine rings is 2. The molecule has 0 unspecified atom stereocenters. The van der Waals surface area contributed by atoms with E-state index in [0.717, 1.165) is 17.7 Å². The summed E-state index contributed by atoms with van der Waals surface area (Å²) in [5.41, 5.74) is -2.42. The summed E-state index contributed by atoms with van der Waals surface area (Å²) in [4.78, 5) is 45.4. The van der Waals surface area contributed by atoms with E-state index in [1.54, 1.807) is 57.1 Å². The number of carboxylic acids is 1. The summed E-state index contributed by atoms with van der Waals surface area (Å²) in [5.74, 6) is -2.75. The van der Waals surface area contributed by atoms with Crippen LogP contribution in [0.1, 0.15) is 68.1 Å². The summed E-state index contributed by atoms with van der Waals surface area (Å²) in [5, 5.41) is 9.42. The zero-order valence-corrected chi connectivity index (χ0v) is 28.7. The maximum Gasteiger partial charge on any atom is 0.416 e. The molecule has 3 aliphatic heterocycles. The molecule has 1 N–H and O–H groups in total. The molecular weight excluding hydrogens is 644 g/mol. The minimum atomic E-state index is -4.54. The van der Waals surface area contributed by atoms with Crippen LogP contribution in [0.4, 0.5) is 23.2 Å². The highest BCUT2D eigenvalue weighted by atomic mass is 19.4. The second kappa shape index (κ2) is 13.8. The van der Waals surface area contributed by atoms with Gasteiger partial charge in [-0.3, -0.25) is 19.3 Å². The Kier molecular flexibility index (Phi) is 10.3. The lowest BCUT2D eigenvalue weighted by atomic mass is 9.83. The maximum atomic E-state index is 17.5. The van der Waals surface area contributed by atoms with E-state index in [0.29, 0.717) is 55.8 Å². The van der Waals surface area contributed by atoms with Crippen LogP contribution in [0.15, 0.2) is 42.5 Å². The van der Waals surface area contributed by atoms with Crippen molar-refractivity contribution in [3.8, 4) is 5.75 Å². The molecule has 3 heterocycles. The summed E-state index contributed by atoms with van der Waals surface area (Å²) in [6.07, 6.45) is -3.03. The number of halogens is 4. The zero-order valence-electron chi connectivity index (χ0n) is 28.7. The van der Waals surface area contributed by atoms with Gasteiger partial charge in [-0.25, -0.2) is 4.39 Å². The van der Waals surface area contributed by atoms with Gasteiger partial charge in [0.2, 0.25) is 11.6 Å². The number of anilines is 1. The van der Waals surface area contributed by atoms with Crippen LogP contribution < -0.4 is 9.64 Å². The largest absolute Gasteiger partial charge is 0.497 e. The molecule has 3 fully saturated rings. The van der Waals surface area contributed by atoms with Crippen molar-refractivity contribution in [2.45, 2.75) is 68.8 Å². The monoisotopic (exact) mass is 690 g/mol. The first-order valence-corrected chi connectivity index (χ1v) is 16.7. The third-order valence-electron chi connectivity index (χ3n) is 10.7. The summed E-state index contributed by atoms with van der Waals surface area (Å²) in [6, 6.07) is 10.6. The van der Waals surface area contributed by atoms with Crippen LogP contribution in [0, 0.1) is 5.92 Å². The third-order valence-corrected chi connectivity index (χ3v) is 10.7. The lowest BCUT2D eigenvalue weighted by Gasteiger charge is -2.39. The number of carboxylic acid groups (broad SMARTS) is 1. The van der Waals surface area contributed by atoms with Crippen molar-refractivity contribution in [2.24, 2.45) is 5.92 Å². The smallest absolute Gasteiger partial charge is 0.416 e. The van der Waals surface area contributed by atoms with Crippen LogP contribution >= 0.6 is 0 Å². The fraction of sp³-hybridized carbons (Fsp3) is 0.583. The molecule has 3 saturated heterocycles. The van der Waals surface area contributed by atoms with E-state index >= 15 is 4.39 Å². The van der Waals surface area contributed by atoms with Crippen molar-refractivity contribution >= 4 is 23.5 Å². The lowest BCUT2D eigenvalue weighted by molar-refractivity contribution is -0.147.